The number of nitrogens with zero attached hydrogens (tertiary/aromatic N) is 1. The van der Waals surface area contributed by atoms with E-state index in [1.807, 2.05) is 13.0 Å². The molecule has 16 heavy (non-hydrogen) atoms. The summed E-state index contributed by atoms with van der Waals surface area (Å²) < 4.78 is 0. The van der Waals surface area contributed by atoms with Crippen LogP contribution in [0.4, 0.5) is 0 Å². The van der Waals surface area contributed by atoms with E-state index in [2.05, 4.69) is 30.1 Å². The van der Waals surface area contributed by atoms with Crippen LogP contribution in [0.2, 0.25) is 0 Å². The van der Waals surface area contributed by atoms with Crippen LogP contribution in [0.3, 0.4) is 0 Å². The minimum absolute atomic E-state index is 0.0955. The Bertz CT molecular complexity index is 584. The van der Waals surface area contributed by atoms with Crippen molar-refractivity contribution in [2.24, 2.45) is 0 Å². The molecule has 0 aliphatic heterocycles. The Morgan fingerprint density at radius 3 is 2.56 bits per heavy atom. The number of nitrogens with one attached hydrogen (secondary N) is 1. The summed E-state index contributed by atoms with van der Waals surface area (Å²) in [7, 11) is 0. The minimum Gasteiger partial charge on any atom is -0.267 e. The molecule has 0 saturated heterocycles. The van der Waals surface area contributed by atoms with Crippen LogP contribution in [0.15, 0.2) is 16.9 Å². The molecule has 2 rings (SSSR count). The van der Waals surface area contributed by atoms with Crippen molar-refractivity contribution in [3.05, 3.63) is 39.3 Å². The van der Waals surface area contributed by atoms with Crippen molar-refractivity contribution in [2.75, 3.05) is 0 Å². The zero-order valence-corrected chi connectivity index (χ0v) is 9.92. The Kier molecular flexibility index (Phi) is 2.77. The number of aromatic nitrogens is 2. The summed E-state index contributed by atoms with van der Waals surface area (Å²) in [5.74, 6) is 0. The van der Waals surface area contributed by atoms with E-state index in [1.54, 1.807) is 0 Å². The van der Waals surface area contributed by atoms with Gasteiger partial charge in [-0.2, -0.15) is 5.10 Å². The van der Waals surface area contributed by atoms with Gasteiger partial charge in [0.1, 0.15) is 0 Å². The van der Waals surface area contributed by atoms with Gasteiger partial charge in [0.15, 0.2) is 0 Å². The van der Waals surface area contributed by atoms with Gasteiger partial charge in [0.2, 0.25) is 0 Å². The van der Waals surface area contributed by atoms with Crippen molar-refractivity contribution >= 4 is 10.8 Å². The number of rotatable bonds is 2. The Balaban J connectivity index is 2.88. The minimum atomic E-state index is -0.0955. The number of benzene rings is 1. The van der Waals surface area contributed by atoms with Crippen LogP contribution < -0.4 is 5.56 Å². The van der Waals surface area contributed by atoms with Gasteiger partial charge in [-0.1, -0.05) is 13.8 Å². The number of hydrogen-bond donors (Lipinski definition) is 1. The van der Waals surface area contributed by atoms with E-state index in [9.17, 15) is 4.79 Å². The first-order valence-corrected chi connectivity index (χ1v) is 5.68. The van der Waals surface area contributed by atoms with Crippen molar-refractivity contribution in [1.29, 1.82) is 0 Å². The van der Waals surface area contributed by atoms with Gasteiger partial charge < -0.3 is 0 Å². The molecule has 1 heterocycles. The Hall–Kier alpha value is -1.64. The topological polar surface area (TPSA) is 45.8 Å². The lowest BCUT2D eigenvalue weighted by molar-refractivity contribution is 0.917. The molecule has 1 aromatic heterocycles. The van der Waals surface area contributed by atoms with E-state index in [-0.39, 0.29) is 5.56 Å². The number of H-pyrrole nitrogens is 1. The summed E-state index contributed by atoms with van der Waals surface area (Å²) in [6.07, 6.45) is 1.78. The maximum Gasteiger partial charge on any atom is 0.272 e. The van der Waals surface area contributed by atoms with E-state index < -0.39 is 0 Å². The number of fused-ring (bicyclic) bond motifs is 1. The van der Waals surface area contributed by atoms with Crippen LogP contribution in [0.5, 0.6) is 0 Å². The molecule has 0 unspecified atom stereocenters. The average molecular weight is 216 g/mol. The van der Waals surface area contributed by atoms with Gasteiger partial charge in [0.05, 0.1) is 11.1 Å². The second-order valence-electron chi connectivity index (χ2n) is 4.03. The van der Waals surface area contributed by atoms with E-state index in [1.165, 1.54) is 11.1 Å². The normalized spacial score (nSPS) is 10.9. The van der Waals surface area contributed by atoms with Crippen LogP contribution in [0.1, 0.15) is 30.7 Å². The zero-order valence-electron chi connectivity index (χ0n) is 9.92. The molecule has 0 aliphatic carbocycles. The molecule has 0 amide bonds. The molecule has 0 fully saturated rings. The van der Waals surface area contributed by atoms with Gasteiger partial charge in [-0.15, -0.1) is 0 Å². The molecule has 0 aliphatic rings. The van der Waals surface area contributed by atoms with Crippen molar-refractivity contribution in [1.82, 2.24) is 10.2 Å². The predicted molar refractivity (Wildman–Crippen MR) is 65.9 cm³/mol. The Labute approximate surface area is 94.5 Å². The summed E-state index contributed by atoms with van der Waals surface area (Å²) in [5, 5.41) is 8.39. The maximum atomic E-state index is 11.7. The van der Waals surface area contributed by atoms with Crippen molar-refractivity contribution in [3.8, 4) is 0 Å². The first-order chi connectivity index (χ1) is 7.67. The number of aryl methyl sites for hydroxylation is 3. The smallest absolute Gasteiger partial charge is 0.267 e. The zero-order chi connectivity index (χ0) is 11.7. The van der Waals surface area contributed by atoms with Crippen LogP contribution in [0, 0.1) is 6.92 Å². The molecular weight excluding hydrogens is 200 g/mol. The molecule has 0 spiro atoms. The maximum absolute atomic E-state index is 11.7. The van der Waals surface area contributed by atoms with Gasteiger partial charge in [-0.05, 0) is 43.0 Å². The molecule has 84 valence electrons. The average Bonchev–Trinajstić information content (AvgIpc) is 2.29. The highest BCUT2D eigenvalue weighted by Crippen LogP contribution is 2.19. The SMILES string of the molecule is CCc1cc2c(=O)[nH]nc(CC)c2cc1C. The fourth-order valence-corrected chi connectivity index (χ4v) is 2.07. The first kappa shape index (κ1) is 10.9. The molecule has 3 heteroatoms. The Morgan fingerprint density at radius 1 is 1.19 bits per heavy atom. The lowest BCUT2D eigenvalue weighted by Gasteiger charge is -2.07. The van der Waals surface area contributed by atoms with Crippen LogP contribution in [-0.2, 0) is 12.8 Å². The van der Waals surface area contributed by atoms with E-state index in [0.29, 0.717) is 0 Å². The van der Waals surface area contributed by atoms with Gasteiger partial charge in [0.25, 0.3) is 5.56 Å². The fraction of sp³-hybridized carbons (Fsp3) is 0.385. The number of aromatic amines is 1. The molecular formula is C13H16N2O. The highest BCUT2D eigenvalue weighted by atomic mass is 16.1. The molecule has 0 atom stereocenters. The number of hydrogen-bond acceptors (Lipinski definition) is 2. The first-order valence-electron chi connectivity index (χ1n) is 5.68. The van der Waals surface area contributed by atoms with Crippen LogP contribution in [-0.4, -0.2) is 10.2 Å². The predicted octanol–water partition coefficient (Wildman–Crippen LogP) is 2.36. The van der Waals surface area contributed by atoms with Gasteiger partial charge in [-0.3, -0.25) is 4.79 Å². The lowest BCUT2D eigenvalue weighted by Crippen LogP contribution is -2.11. The third-order valence-corrected chi connectivity index (χ3v) is 3.04. The lowest BCUT2D eigenvalue weighted by atomic mass is 10.00. The fourth-order valence-electron chi connectivity index (χ4n) is 2.07. The molecule has 1 N–H and O–H groups in total. The summed E-state index contributed by atoms with van der Waals surface area (Å²) >= 11 is 0. The second kappa shape index (κ2) is 4.08. The van der Waals surface area contributed by atoms with E-state index >= 15 is 0 Å². The van der Waals surface area contributed by atoms with Crippen molar-refractivity contribution < 1.29 is 0 Å². The molecule has 3 nitrogen and oxygen atoms in total. The standard InChI is InChI=1S/C13H16N2O/c1-4-9-7-11-10(6-8(9)3)12(5-2)14-15-13(11)16/h6-7H,4-5H2,1-3H3,(H,15,16). The van der Waals surface area contributed by atoms with Crippen LogP contribution in [0.25, 0.3) is 10.8 Å². The summed E-state index contributed by atoms with van der Waals surface area (Å²) in [4.78, 5) is 11.7. The van der Waals surface area contributed by atoms with Crippen molar-refractivity contribution in [3.63, 3.8) is 0 Å². The largest absolute Gasteiger partial charge is 0.272 e. The molecule has 0 bridgehead atoms. The van der Waals surface area contributed by atoms with Crippen molar-refractivity contribution in [2.45, 2.75) is 33.6 Å². The monoisotopic (exact) mass is 216 g/mol. The highest BCUT2D eigenvalue weighted by molar-refractivity contribution is 5.85. The van der Waals surface area contributed by atoms with Crippen LogP contribution >= 0.6 is 0 Å². The van der Waals surface area contributed by atoms with Gasteiger partial charge in [0, 0.05) is 5.39 Å². The van der Waals surface area contributed by atoms with E-state index in [4.69, 9.17) is 0 Å². The molecule has 0 radical (unpaired) electrons. The quantitative estimate of drug-likeness (QED) is 0.837. The Morgan fingerprint density at radius 2 is 1.94 bits per heavy atom. The second-order valence-corrected chi connectivity index (χ2v) is 4.03. The summed E-state index contributed by atoms with van der Waals surface area (Å²) in [6.45, 7) is 6.23. The highest BCUT2D eigenvalue weighted by Gasteiger charge is 2.07. The molecule has 2 aromatic rings. The third-order valence-electron chi connectivity index (χ3n) is 3.04. The summed E-state index contributed by atoms with van der Waals surface area (Å²) in [5.41, 5.74) is 3.32. The third kappa shape index (κ3) is 1.62. The molecule has 1 aromatic carbocycles. The molecule has 0 saturated carbocycles. The van der Waals surface area contributed by atoms with Gasteiger partial charge >= 0.3 is 0 Å². The van der Waals surface area contributed by atoms with E-state index in [0.717, 1.165) is 29.3 Å². The summed E-state index contributed by atoms with van der Waals surface area (Å²) in [6, 6.07) is 4.07. The van der Waals surface area contributed by atoms with Gasteiger partial charge in [-0.25, -0.2) is 5.10 Å².